The molecule has 2 aromatic carbocycles. The molecular weight excluding hydrogens is 441 g/mol. The Balaban J connectivity index is 2.08. The molecule has 0 saturated carbocycles. The van der Waals surface area contributed by atoms with Gasteiger partial charge in [-0.3, -0.25) is 4.79 Å². The lowest BCUT2D eigenvalue weighted by Crippen LogP contribution is -2.14. The Labute approximate surface area is 158 Å². The minimum Gasteiger partial charge on any atom is -0.495 e. The van der Waals surface area contributed by atoms with Crippen molar-refractivity contribution in [1.29, 1.82) is 5.26 Å². The van der Waals surface area contributed by atoms with Crippen LogP contribution < -0.4 is 15.4 Å². The smallest absolute Gasteiger partial charge is 0.267 e. The second-order valence-corrected chi connectivity index (χ2v) is 6.28. The van der Waals surface area contributed by atoms with E-state index in [9.17, 15) is 4.79 Å². The second-order valence-electron chi connectivity index (χ2n) is 4.62. The molecule has 0 aliphatic rings. The van der Waals surface area contributed by atoms with Gasteiger partial charge in [0.25, 0.3) is 5.91 Å². The number of halogens is 2. The highest BCUT2D eigenvalue weighted by Gasteiger charge is 2.10. The number of benzene rings is 2. The maximum Gasteiger partial charge on any atom is 0.267 e. The molecular formula is C17H13ClIN3O2. The summed E-state index contributed by atoms with van der Waals surface area (Å²) in [5.74, 6) is -0.0252. The largest absolute Gasteiger partial charge is 0.495 e. The summed E-state index contributed by atoms with van der Waals surface area (Å²) in [6.07, 6.45) is 1.36. The summed E-state index contributed by atoms with van der Waals surface area (Å²) in [7, 11) is 1.51. The summed E-state index contributed by atoms with van der Waals surface area (Å²) >= 11 is 8.21. The molecule has 0 fully saturated rings. The molecule has 0 aromatic heterocycles. The SMILES string of the molecule is COc1ccc(NC(=O)/C(C#N)=C\Nc2ccc(I)cc2)cc1Cl. The van der Waals surface area contributed by atoms with Gasteiger partial charge in [-0.2, -0.15) is 5.26 Å². The van der Waals surface area contributed by atoms with Crippen LogP contribution in [0.25, 0.3) is 0 Å². The number of anilines is 2. The summed E-state index contributed by atoms with van der Waals surface area (Å²) in [6, 6.07) is 14.3. The number of nitriles is 1. The van der Waals surface area contributed by atoms with Crippen molar-refractivity contribution in [3.8, 4) is 11.8 Å². The first-order valence-electron chi connectivity index (χ1n) is 6.80. The van der Waals surface area contributed by atoms with Gasteiger partial charge < -0.3 is 15.4 Å². The van der Waals surface area contributed by atoms with Crippen LogP contribution in [-0.4, -0.2) is 13.0 Å². The number of amides is 1. The van der Waals surface area contributed by atoms with Crippen molar-refractivity contribution < 1.29 is 9.53 Å². The van der Waals surface area contributed by atoms with Gasteiger partial charge in [-0.15, -0.1) is 0 Å². The quantitative estimate of drug-likeness (QED) is 0.399. The monoisotopic (exact) mass is 453 g/mol. The van der Waals surface area contributed by atoms with Crippen LogP contribution in [0, 0.1) is 14.9 Å². The van der Waals surface area contributed by atoms with Crippen LogP contribution in [0.3, 0.4) is 0 Å². The molecule has 1 amide bonds. The van der Waals surface area contributed by atoms with E-state index < -0.39 is 5.91 Å². The molecule has 2 N–H and O–H groups in total. The molecule has 24 heavy (non-hydrogen) atoms. The van der Waals surface area contributed by atoms with Crippen LogP contribution in [-0.2, 0) is 4.79 Å². The number of hydrogen-bond donors (Lipinski definition) is 2. The Morgan fingerprint density at radius 3 is 2.50 bits per heavy atom. The van der Waals surface area contributed by atoms with Crippen molar-refractivity contribution in [2.45, 2.75) is 0 Å². The fourth-order valence-corrected chi connectivity index (χ4v) is 2.41. The molecule has 0 bridgehead atoms. The minimum atomic E-state index is -0.531. The zero-order chi connectivity index (χ0) is 17.5. The summed E-state index contributed by atoms with van der Waals surface area (Å²) < 4.78 is 6.14. The third kappa shape index (κ3) is 4.88. The summed E-state index contributed by atoms with van der Waals surface area (Å²) in [4.78, 5) is 12.2. The molecule has 2 rings (SSSR count). The van der Waals surface area contributed by atoms with Crippen LogP contribution >= 0.6 is 34.2 Å². The van der Waals surface area contributed by atoms with Gasteiger partial charge in [-0.25, -0.2) is 0 Å². The van der Waals surface area contributed by atoms with Gasteiger partial charge in [-0.05, 0) is 65.1 Å². The lowest BCUT2D eigenvalue weighted by Gasteiger charge is -2.08. The lowest BCUT2D eigenvalue weighted by molar-refractivity contribution is -0.112. The standard InChI is InChI=1S/C17H13ClIN3O2/c1-24-16-7-6-14(8-15(16)18)22-17(23)11(9-20)10-21-13-4-2-12(19)3-5-13/h2-8,10,21H,1H3,(H,22,23)/b11-10-. The number of ether oxygens (including phenoxy) is 1. The summed E-state index contributed by atoms with van der Waals surface area (Å²) in [5.41, 5.74) is 1.20. The highest BCUT2D eigenvalue weighted by Crippen LogP contribution is 2.27. The highest BCUT2D eigenvalue weighted by atomic mass is 127. The van der Waals surface area contributed by atoms with E-state index in [1.807, 2.05) is 30.3 Å². The van der Waals surface area contributed by atoms with Gasteiger partial charge >= 0.3 is 0 Å². The molecule has 2 aromatic rings. The average Bonchev–Trinajstić information content (AvgIpc) is 2.57. The number of carbonyl (C=O) groups excluding carboxylic acids is 1. The highest BCUT2D eigenvalue weighted by molar-refractivity contribution is 14.1. The van der Waals surface area contributed by atoms with Gasteiger partial charge in [0.15, 0.2) is 0 Å². The molecule has 7 heteroatoms. The Morgan fingerprint density at radius 1 is 1.25 bits per heavy atom. The number of nitrogens with zero attached hydrogens (tertiary/aromatic N) is 1. The lowest BCUT2D eigenvalue weighted by atomic mass is 10.2. The third-order valence-corrected chi connectivity index (χ3v) is 4.02. The molecule has 0 heterocycles. The Kier molecular flexibility index (Phi) is 6.46. The maximum absolute atomic E-state index is 12.2. The number of rotatable bonds is 5. The van der Waals surface area contributed by atoms with E-state index in [2.05, 4.69) is 33.2 Å². The van der Waals surface area contributed by atoms with Gasteiger partial charge in [-0.1, -0.05) is 11.6 Å². The zero-order valence-corrected chi connectivity index (χ0v) is 15.6. The molecule has 122 valence electrons. The van der Waals surface area contributed by atoms with Crippen molar-refractivity contribution in [3.05, 3.63) is 62.8 Å². The molecule has 0 aliphatic carbocycles. The predicted octanol–water partition coefficient (Wildman–Crippen LogP) is 4.41. The van der Waals surface area contributed by atoms with Gasteiger partial charge in [0.1, 0.15) is 17.4 Å². The Hall–Kier alpha value is -2.24. The van der Waals surface area contributed by atoms with Gasteiger partial charge in [0.05, 0.1) is 12.1 Å². The van der Waals surface area contributed by atoms with E-state index in [1.165, 1.54) is 13.3 Å². The second kappa shape index (κ2) is 8.57. The van der Waals surface area contributed by atoms with E-state index in [0.717, 1.165) is 9.26 Å². The molecule has 0 saturated heterocycles. The number of hydrogen-bond acceptors (Lipinski definition) is 4. The van der Waals surface area contributed by atoms with Crippen molar-refractivity contribution in [2.75, 3.05) is 17.7 Å². The van der Waals surface area contributed by atoms with Crippen molar-refractivity contribution in [2.24, 2.45) is 0 Å². The number of nitrogens with one attached hydrogen (secondary N) is 2. The molecule has 0 spiro atoms. The van der Waals surface area contributed by atoms with E-state index in [4.69, 9.17) is 21.6 Å². The fourth-order valence-electron chi connectivity index (χ4n) is 1.79. The molecule has 0 radical (unpaired) electrons. The zero-order valence-electron chi connectivity index (χ0n) is 12.6. The van der Waals surface area contributed by atoms with E-state index >= 15 is 0 Å². The molecule has 5 nitrogen and oxygen atoms in total. The van der Waals surface area contributed by atoms with Crippen LogP contribution in [0.5, 0.6) is 5.75 Å². The van der Waals surface area contributed by atoms with E-state index in [1.54, 1.807) is 18.2 Å². The number of carbonyl (C=O) groups is 1. The maximum atomic E-state index is 12.2. The summed E-state index contributed by atoms with van der Waals surface area (Å²) in [6.45, 7) is 0. The first-order chi connectivity index (χ1) is 11.5. The van der Waals surface area contributed by atoms with Crippen LogP contribution in [0.2, 0.25) is 5.02 Å². The molecule has 0 unspecified atom stereocenters. The predicted molar refractivity (Wildman–Crippen MR) is 103 cm³/mol. The van der Waals surface area contributed by atoms with Crippen LogP contribution in [0.1, 0.15) is 0 Å². The molecule has 0 aliphatic heterocycles. The van der Waals surface area contributed by atoms with E-state index in [0.29, 0.717) is 16.5 Å². The van der Waals surface area contributed by atoms with Crippen molar-refractivity contribution in [1.82, 2.24) is 0 Å². The van der Waals surface area contributed by atoms with Crippen LogP contribution in [0.4, 0.5) is 11.4 Å². The first-order valence-corrected chi connectivity index (χ1v) is 8.26. The Morgan fingerprint density at radius 2 is 1.92 bits per heavy atom. The first kappa shape index (κ1) is 18.1. The van der Waals surface area contributed by atoms with Crippen molar-refractivity contribution in [3.63, 3.8) is 0 Å². The molecule has 0 atom stereocenters. The topological polar surface area (TPSA) is 74.1 Å². The van der Waals surface area contributed by atoms with Gasteiger partial charge in [0, 0.05) is 21.1 Å². The fraction of sp³-hybridized carbons (Fsp3) is 0.0588. The van der Waals surface area contributed by atoms with Crippen LogP contribution in [0.15, 0.2) is 54.2 Å². The van der Waals surface area contributed by atoms with Crippen molar-refractivity contribution >= 4 is 51.5 Å². The third-order valence-electron chi connectivity index (χ3n) is 3.00. The van der Waals surface area contributed by atoms with Gasteiger partial charge in [0.2, 0.25) is 0 Å². The normalized spacial score (nSPS) is 10.7. The summed E-state index contributed by atoms with van der Waals surface area (Å²) in [5, 5.41) is 15.1. The van der Waals surface area contributed by atoms with E-state index in [-0.39, 0.29) is 5.57 Å². The Bertz CT molecular complexity index is 814. The minimum absolute atomic E-state index is 0.0551. The number of methoxy groups -OCH3 is 1. The average molecular weight is 454 g/mol.